The van der Waals surface area contributed by atoms with E-state index in [1.807, 2.05) is 50.6 Å². The molecule has 24 heavy (non-hydrogen) atoms. The molecule has 1 aromatic heterocycles. The molecule has 0 amide bonds. The maximum atomic E-state index is 6.13. The molecule has 0 bridgehead atoms. The van der Waals surface area contributed by atoms with Crippen molar-refractivity contribution in [1.29, 1.82) is 0 Å². The van der Waals surface area contributed by atoms with Crippen LogP contribution in [0.4, 0.5) is 0 Å². The van der Waals surface area contributed by atoms with Gasteiger partial charge in [0.25, 0.3) is 0 Å². The van der Waals surface area contributed by atoms with Crippen molar-refractivity contribution in [2.24, 2.45) is 0 Å². The molecule has 0 N–H and O–H groups in total. The molecule has 2 aromatic rings. The van der Waals surface area contributed by atoms with Gasteiger partial charge in [-0.05, 0) is 45.4 Å². The van der Waals surface area contributed by atoms with E-state index in [1.165, 1.54) is 0 Å². The Morgan fingerprint density at radius 3 is 2.58 bits per heavy atom. The first-order valence-corrected chi connectivity index (χ1v) is 8.39. The molecule has 5 nitrogen and oxygen atoms in total. The second-order valence-corrected chi connectivity index (χ2v) is 7.42. The molecule has 130 valence electrons. The number of benzene rings is 1. The predicted octanol–water partition coefficient (Wildman–Crippen LogP) is 3.43. The van der Waals surface area contributed by atoms with E-state index in [1.54, 1.807) is 12.5 Å². The number of hydrogen-bond acceptors (Lipinski definition) is 4. The van der Waals surface area contributed by atoms with Gasteiger partial charge < -0.3 is 18.8 Å². The van der Waals surface area contributed by atoms with Gasteiger partial charge in [0.1, 0.15) is 11.4 Å². The van der Waals surface area contributed by atoms with E-state index in [2.05, 4.69) is 17.1 Å². The third kappa shape index (κ3) is 4.36. The van der Waals surface area contributed by atoms with Gasteiger partial charge in [0, 0.05) is 18.8 Å². The van der Waals surface area contributed by atoms with Gasteiger partial charge in [-0.2, -0.15) is 0 Å². The average molecular weight is 330 g/mol. The summed E-state index contributed by atoms with van der Waals surface area (Å²) in [5.41, 5.74) is 0.961. The minimum Gasteiger partial charge on any atom is -0.488 e. The smallest absolute Gasteiger partial charge is 0.190 e. The van der Waals surface area contributed by atoms with E-state index in [4.69, 9.17) is 14.2 Å². The Labute approximate surface area is 143 Å². The highest BCUT2D eigenvalue weighted by Gasteiger charge is 2.40. The molecule has 0 aliphatic carbocycles. The van der Waals surface area contributed by atoms with Crippen LogP contribution in [0.1, 0.15) is 33.3 Å². The van der Waals surface area contributed by atoms with Crippen molar-refractivity contribution in [3.63, 3.8) is 0 Å². The topological polar surface area (TPSA) is 45.5 Å². The highest BCUT2D eigenvalue weighted by molar-refractivity contribution is 5.28. The fourth-order valence-electron chi connectivity index (χ4n) is 2.93. The lowest BCUT2D eigenvalue weighted by atomic mass is 10.0. The maximum absolute atomic E-state index is 6.13. The Hall–Kier alpha value is -1.85. The number of imidazole rings is 1. The summed E-state index contributed by atoms with van der Waals surface area (Å²) >= 11 is 0. The number of aromatic nitrogens is 2. The monoisotopic (exact) mass is 330 g/mol. The van der Waals surface area contributed by atoms with Gasteiger partial charge in [-0.15, -0.1) is 0 Å². The van der Waals surface area contributed by atoms with Crippen LogP contribution in [-0.4, -0.2) is 33.7 Å². The van der Waals surface area contributed by atoms with Gasteiger partial charge in [-0.3, -0.25) is 0 Å². The second kappa shape index (κ2) is 6.57. The van der Waals surface area contributed by atoms with Crippen LogP contribution in [0.5, 0.6) is 5.75 Å². The first kappa shape index (κ1) is 17.0. The molecule has 1 saturated heterocycles. The number of rotatable bonds is 5. The summed E-state index contributed by atoms with van der Waals surface area (Å²) in [6.07, 6.45) is 6.27. The van der Waals surface area contributed by atoms with Crippen LogP contribution in [-0.2, 0) is 22.4 Å². The minimum atomic E-state index is -0.646. The Kier molecular flexibility index (Phi) is 4.65. The SMILES string of the molecule is CC1COC(Cc2ccc(OC(C)(C)C)cc2)(Cn2ccnc2)O1. The molecule has 2 atom stereocenters. The van der Waals surface area contributed by atoms with Crippen LogP contribution in [0.25, 0.3) is 0 Å². The van der Waals surface area contributed by atoms with E-state index in [9.17, 15) is 0 Å². The van der Waals surface area contributed by atoms with E-state index in [0.29, 0.717) is 19.6 Å². The highest BCUT2D eigenvalue weighted by atomic mass is 16.7. The Morgan fingerprint density at radius 1 is 1.29 bits per heavy atom. The van der Waals surface area contributed by atoms with Crippen molar-refractivity contribution in [1.82, 2.24) is 9.55 Å². The third-order valence-corrected chi connectivity index (χ3v) is 3.80. The fourth-order valence-corrected chi connectivity index (χ4v) is 2.93. The van der Waals surface area contributed by atoms with E-state index in [-0.39, 0.29) is 11.7 Å². The second-order valence-electron chi connectivity index (χ2n) is 7.42. The molecule has 5 heteroatoms. The number of nitrogens with zero attached hydrogens (tertiary/aromatic N) is 2. The molecule has 2 heterocycles. The summed E-state index contributed by atoms with van der Waals surface area (Å²) in [6.45, 7) is 9.40. The Bertz CT molecular complexity index is 646. The van der Waals surface area contributed by atoms with Gasteiger partial charge in [0.05, 0.1) is 25.6 Å². The fraction of sp³-hybridized carbons (Fsp3) is 0.526. The molecular weight excluding hydrogens is 304 g/mol. The van der Waals surface area contributed by atoms with Gasteiger partial charge in [0.15, 0.2) is 5.79 Å². The van der Waals surface area contributed by atoms with Crippen molar-refractivity contribution in [3.05, 3.63) is 48.5 Å². The average Bonchev–Trinajstić information content (AvgIpc) is 3.10. The van der Waals surface area contributed by atoms with Crippen molar-refractivity contribution in [3.8, 4) is 5.75 Å². The zero-order valence-electron chi connectivity index (χ0n) is 14.9. The Morgan fingerprint density at radius 2 is 2.04 bits per heavy atom. The van der Waals surface area contributed by atoms with Gasteiger partial charge >= 0.3 is 0 Å². The molecule has 2 unspecified atom stereocenters. The van der Waals surface area contributed by atoms with E-state index < -0.39 is 5.79 Å². The standard InChI is InChI=1S/C19H26N2O3/c1-15-12-22-19(23-15,13-21-10-9-20-14-21)11-16-5-7-17(8-6-16)24-18(2,3)4/h5-10,14-15H,11-13H2,1-4H3. The van der Waals surface area contributed by atoms with Crippen LogP contribution >= 0.6 is 0 Å². The van der Waals surface area contributed by atoms with Crippen LogP contribution in [0.2, 0.25) is 0 Å². The zero-order valence-corrected chi connectivity index (χ0v) is 14.9. The van der Waals surface area contributed by atoms with Crippen molar-refractivity contribution >= 4 is 0 Å². The molecular formula is C19H26N2O3. The lowest BCUT2D eigenvalue weighted by Gasteiger charge is -2.28. The molecule has 0 spiro atoms. The largest absolute Gasteiger partial charge is 0.488 e. The zero-order chi connectivity index (χ0) is 17.2. The first-order chi connectivity index (χ1) is 11.3. The summed E-state index contributed by atoms with van der Waals surface area (Å²) in [7, 11) is 0. The third-order valence-electron chi connectivity index (χ3n) is 3.80. The van der Waals surface area contributed by atoms with Crippen LogP contribution in [0.3, 0.4) is 0 Å². The van der Waals surface area contributed by atoms with Gasteiger partial charge in [-0.1, -0.05) is 12.1 Å². The summed E-state index contributed by atoms with van der Waals surface area (Å²) in [6, 6.07) is 8.16. The lowest BCUT2D eigenvalue weighted by Crippen LogP contribution is -2.38. The summed E-state index contributed by atoms with van der Waals surface area (Å²) in [4.78, 5) is 4.10. The van der Waals surface area contributed by atoms with E-state index in [0.717, 1.165) is 11.3 Å². The molecule has 1 aromatic carbocycles. The van der Waals surface area contributed by atoms with Crippen LogP contribution in [0, 0.1) is 0 Å². The van der Waals surface area contributed by atoms with Crippen molar-refractivity contribution < 1.29 is 14.2 Å². The van der Waals surface area contributed by atoms with Crippen molar-refractivity contribution in [2.75, 3.05) is 6.61 Å². The summed E-state index contributed by atoms with van der Waals surface area (Å²) in [5.74, 6) is 0.225. The quantitative estimate of drug-likeness (QED) is 0.842. The summed E-state index contributed by atoms with van der Waals surface area (Å²) < 4.78 is 20.0. The number of hydrogen-bond donors (Lipinski definition) is 0. The molecule has 1 aliphatic heterocycles. The Balaban J connectivity index is 1.73. The molecule has 1 fully saturated rings. The highest BCUT2D eigenvalue weighted by Crippen LogP contribution is 2.30. The minimum absolute atomic E-state index is 0.0945. The molecule has 0 saturated carbocycles. The van der Waals surface area contributed by atoms with Gasteiger partial charge in [-0.25, -0.2) is 4.98 Å². The predicted molar refractivity (Wildman–Crippen MR) is 92.0 cm³/mol. The maximum Gasteiger partial charge on any atom is 0.190 e. The first-order valence-electron chi connectivity index (χ1n) is 8.39. The van der Waals surface area contributed by atoms with E-state index >= 15 is 0 Å². The van der Waals surface area contributed by atoms with Gasteiger partial charge in [0.2, 0.25) is 0 Å². The number of ether oxygens (including phenoxy) is 3. The summed E-state index contributed by atoms with van der Waals surface area (Å²) in [5, 5.41) is 0. The molecule has 3 rings (SSSR count). The molecule has 0 radical (unpaired) electrons. The van der Waals surface area contributed by atoms with Crippen LogP contribution < -0.4 is 4.74 Å². The van der Waals surface area contributed by atoms with Crippen molar-refractivity contribution in [2.45, 2.75) is 58.2 Å². The molecule has 1 aliphatic rings. The normalized spacial score (nSPS) is 24.2. The van der Waals surface area contributed by atoms with Crippen LogP contribution in [0.15, 0.2) is 43.0 Å². The lowest BCUT2D eigenvalue weighted by molar-refractivity contribution is -0.175.